The molecule has 3 N–H and O–H groups in total. The topological polar surface area (TPSA) is 107 Å². The number of benzene rings is 2. The maximum absolute atomic E-state index is 13.5. The molecule has 2 aromatic carbocycles. The molecule has 1 fully saturated rings. The van der Waals surface area contributed by atoms with E-state index in [9.17, 15) is 14.4 Å². The number of carbonyl (C=O) groups excluding carboxylic acids is 3. The fourth-order valence-electron chi connectivity index (χ4n) is 7.19. The largest absolute Gasteiger partial charge is 0.342 e. The highest BCUT2D eigenvalue weighted by molar-refractivity contribution is 6.06. The second-order valence-corrected chi connectivity index (χ2v) is 12.8. The van der Waals surface area contributed by atoms with Crippen LogP contribution in [-0.2, 0) is 45.7 Å². The lowest BCUT2D eigenvalue weighted by molar-refractivity contribution is -0.128. The Morgan fingerprint density at radius 2 is 1.86 bits per heavy atom. The number of pyridine rings is 1. The lowest BCUT2D eigenvalue weighted by Gasteiger charge is -2.32. The number of rotatable bonds is 9. The van der Waals surface area contributed by atoms with Crippen LogP contribution in [0.4, 0.5) is 11.5 Å². The molecule has 1 spiro atoms. The SMILES string of the molecule is CNCc1ccccc1CN(CC(=O)Nc1ccc2c(c1)C[C@@]1(C2)C(=O)Nc2ncccc21)CC1(C)CCN(C(C)=O)C1. The summed E-state index contributed by atoms with van der Waals surface area (Å²) in [5.74, 6) is 0.645. The van der Waals surface area contributed by atoms with Crippen LogP contribution < -0.4 is 16.0 Å². The summed E-state index contributed by atoms with van der Waals surface area (Å²) in [6.45, 7) is 7.59. The van der Waals surface area contributed by atoms with E-state index in [-0.39, 0.29) is 29.7 Å². The van der Waals surface area contributed by atoms with Crippen molar-refractivity contribution in [2.45, 2.75) is 51.6 Å². The van der Waals surface area contributed by atoms with Crippen LogP contribution in [0.1, 0.15) is 48.1 Å². The zero-order valence-electron chi connectivity index (χ0n) is 25.2. The molecule has 43 heavy (non-hydrogen) atoms. The smallest absolute Gasteiger partial charge is 0.238 e. The highest BCUT2D eigenvalue weighted by Crippen LogP contribution is 2.47. The van der Waals surface area contributed by atoms with Crippen molar-refractivity contribution < 1.29 is 14.4 Å². The molecule has 1 unspecified atom stereocenters. The minimum atomic E-state index is -0.642. The highest BCUT2D eigenvalue weighted by Gasteiger charge is 2.51. The average Bonchev–Trinajstić information content (AvgIpc) is 3.63. The predicted molar refractivity (Wildman–Crippen MR) is 166 cm³/mol. The highest BCUT2D eigenvalue weighted by atomic mass is 16.2. The first-order valence-electron chi connectivity index (χ1n) is 15.1. The van der Waals surface area contributed by atoms with Crippen molar-refractivity contribution in [1.82, 2.24) is 20.1 Å². The Morgan fingerprint density at radius 3 is 2.63 bits per heavy atom. The first kappa shape index (κ1) is 29.0. The molecule has 2 aliphatic heterocycles. The number of likely N-dealkylation sites (tertiary alicyclic amines) is 1. The predicted octanol–water partition coefficient (Wildman–Crippen LogP) is 3.49. The summed E-state index contributed by atoms with van der Waals surface area (Å²) >= 11 is 0. The summed E-state index contributed by atoms with van der Waals surface area (Å²) in [4.78, 5) is 47.2. The molecule has 9 nitrogen and oxygen atoms in total. The Labute approximate surface area is 253 Å². The molecule has 3 amide bonds. The third-order valence-corrected chi connectivity index (χ3v) is 9.32. The van der Waals surface area contributed by atoms with Crippen molar-refractivity contribution >= 4 is 29.2 Å². The number of nitrogens with one attached hydrogen (secondary N) is 3. The lowest BCUT2D eigenvalue weighted by Crippen LogP contribution is -2.42. The van der Waals surface area contributed by atoms with E-state index in [1.165, 1.54) is 11.1 Å². The standard InChI is InChI=1S/C34H40N6O3/c1-23(41)40-14-12-33(2,22-40)21-39(19-26-8-5-4-7-25(26)18-35-3)20-30(42)37-28-11-10-24-16-34(17-27(24)15-28)29-9-6-13-36-31(29)38-32(34)43/h4-11,13,15,35H,12,14,16-22H2,1-3H3,(H,37,42)(H,36,38,43)/t33?,34-/m1/s1. The van der Waals surface area contributed by atoms with Gasteiger partial charge in [-0.2, -0.15) is 0 Å². The second kappa shape index (κ2) is 11.5. The zero-order chi connectivity index (χ0) is 30.2. The first-order chi connectivity index (χ1) is 20.7. The fraction of sp³-hybridized carbons (Fsp3) is 0.412. The molecule has 1 saturated heterocycles. The number of hydrogen-bond donors (Lipinski definition) is 3. The summed E-state index contributed by atoms with van der Waals surface area (Å²) in [7, 11) is 1.94. The maximum Gasteiger partial charge on any atom is 0.238 e. The first-order valence-corrected chi connectivity index (χ1v) is 15.1. The summed E-state index contributed by atoms with van der Waals surface area (Å²) in [6, 6.07) is 18.2. The van der Waals surface area contributed by atoms with Gasteiger partial charge in [0.25, 0.3) is 0 Å². The van der Waals surface area contributed by atoms with Crippen molar-refractivity contribution in [3.8, 4) is 0 Å². The number of aromatic nitrogens is 1. The van der Waals surface area contributed by atoms with E-state index < -0.39 is 5.41 Å². The van der Waals surface area contributed by atoms with Crippen LogP contribution in [-0.4, -0.2) is 65.7 Å². The third-order valence-electron chi connectivity index (χ3n) is 9.32. The number of carbonyl (C=O) groups is 3. The Hall–Kier alpha value is -4.08. The Morgan fingerprint density at radius 1 is 1.07 bits per heavy atom. The van der Waals surface area contributed by atoms with Crippen molar-refractivity contribution in [3.63, 3.8) is 0 Å². The van der Waals surface area contributed by atoms with E-state index >= 15 is 0 Å². The minimum Gasteiger partial charge on any atom is -0.342 e. The molecule has 0 bridgehead atoms. The lowest BCUT2D eigenvalue weighted by atomic mass is 9.79. The van der Waals surface area contributed by atoms with Crippen LogP contribution >= 0.6 is 0 Å². The van der Waals surface area contributed by atoms with E-state index in [0.717, 1.165) is 41.9 Å². The van der Waals surface area contributed by atoms with Gasteiger partial charge in [-0.3, -0.25) is 19.3 Å². The summed E-state index contributed by atoms with van der Waals surface area (Å²) < 4.78 is 0. The summed E-state index contributed by atoms with van der Waals surface area (Å²) in [5, 5.41) is 9.33. The molecule has 224 valence electrons. The van der Waals surface area contributed by atoms with Gasteiger partial charge in [0, 0.05) is 57.1 Å². The van der Waals surface area contributed by atoms with E-state index in [4.69, 9.17) is 0 Å². The van der Waals surface area contributed by atoms with Crippen molar-refractivity contribution in [2.24, 2.45) is 5.41 Å². The van der Waals surface area contributed by atoms with Gasteiger partial charge in [-0.05, 0) is 72.2 Å². The van der Waals surface area contributed by atoms with Gasteiger partial charge >= 0.3 is 0 Å². The van der Waals surface area contributed by atoms with Gasteiger partial charge in [0.15, 0.2) is 0 Å². The number of nitrogens with zero attached hydrogens (tertiary/aromatic N) is 3. The third kappa shape index (κ3) is 5.79. The van der Waals surface area contributed by atoms with Gasteiger partial charge in [0.2, 0.25) is 17.7 Å². The number of amides is 3. The maximum atomic E-state index is 13.5. The van der Waals surface area contributed by atoms with Gasteiger partial charge in [-0.25, -0.2) is 4.98 Å². The summed E-state index contributed by atoms with van der Waals surface area (Å²) in [6.07, 6.45) is 3.80. The van der Waals surface area contributed by atoms with Gasteiger partial charge in [-0.15, -0.1) is 0 Å². The van der Waals surface area contributed by atoms with Crippen LogP contribution in [0.25, 0.3) is 0 Å². The van der Waals surface area contributed by atoms with Gasteiger partial charge in [0.1, 0.15) is 5.82 Å². The zero-order valence-corrected chi connectivity index (χ0v) is 25.2. The Bertz CT molecular complexity index is 1570. The van der Waals surface area contributed by atoms with Crippen LogP contribution in [0.2, 0.25) is 0 Å². The molecule has 3 heterocycles. The number of fused-ring (bicyclic) bond motifs is 3. The minimum absolute atomic E-state index is 0.0130. The van der Waals surface area contributed by atoms with Crippen LogP contribution in [0, 0.1) is 5.41 Å². The monoisotopic (exact) mass is 580 g/mol. The van der Waals surface area contributed by atoms with Crippen molar-refractivity contribution in [2.75, 3.05) is 43.9 Å². The van der Waals surface area contributed by atoms with Gasteiger partial charge in [0.05, 0.1) is 12.0 Å². The number of hydrogen-bond acceptors (Lipinski definition) is 6. The molecular weight excluding hydrogens is 540 g/mol. The molecule has 1 aromatic heterocycles. The molecule has 3 aliphatic rings. The Kier molecular flexibility index (Phi) is 7.79. The van der Waals surface area contributed by atoms with E-state index in [1.54, 1.807) is 13.1 Å². The molecule has 9 heteroatoms. The van der Waals surface area contributed by atoms with Gasteiger partial charge < -0.3 is 20.9 Å². The second-order valence-electron chi connectivity index (χ2n) is 12.8. The van der Waals surface area contributed by atoms with Crippen LogP contribution in [0.15, 0.2) is 60.8 Å². The molecule has 1 aliphatic carbocycles. The van der Waals surface area contributed by atoms with Crippen molar-refractivity contribution in [1.29, 1.82) is 0 Å². The van der Waals surface area contributed by atoms with Crippen LogP contribution in [0.3, 0.4) is 0 Å². The van der Waals surface area contributed by atoms with E-state index in [1.807, 2.05) is 54.4 Å². The Balaban J connectivity index is 1.18. The molecular formula is C34H40N6O3. The van der Waals surface area contributed by atoms with Gasteiger partial charge in [-0.1, -0.05) is 43.3 Å². The molecule has 3 aromatic rings. The van der Waals surface area contributed by atoms with Crippen LogP contribution in [0.5, 0.6) is 0 Å². The summed E-state index contributed by atoms with van der Waals surface area (Å²) in [5.41, 5.74) is 5.52. The fourth-order valence-corrected chi connectivity index (χ4v) is 7.19. The quantitative estimate of drug-likeness (QED) is 0.358. The average molecular weight is 581 g/mol. The molecule has 0 saturated carbocycles. The normalized spacial score (nSPS) is 22.1. The molecule has 0 radical (unpaired) electrons. The van der Waals surface area contributed by atoms with E-state index in [2.05, 4.69) is 44.9 Å². The van der Waals surface area contributed by atoms with Crippen molar-refractivity contribution in [3.05, 3.63) is 88.6 Å². The molecule has 2 atom stereocenters. The molecule has 6 rings (SSSR count). The van der Waals surface area contributed by atoms with E-state index in [0.29, 0.717) is 38.3 Å². The number of anilines is 2.